The SMILES string of the molecule is O=C(CN1CCNCC1)NCC(O)CO. The van der Waals surface area contributed by atoms with Crippen molar-refractivity contribution in [1.29, 1.82) is 0 Å². The second kappa shape index (κ2) is 6.73. The number of aliphatic hydroxyl groups excluding tert-OH is 2. The molecule has 0 aromatic heterocycles. The van der Waals surface area contributed by atoms with Gasteiger partial charge in [-0.1, -0.05) is 0 Å². The molecule has 0 bridgehead atoms. The number of hydrogen-bond acceptors (Lipinski definition) is 5. The summed E-state index contributed by atoms with van der Waals surface area (Å²) in [6, 6.07) is 0. The van der Waals surface area contributed by atoms with Crippen molar-refractivity contribution in [1.82, 2.24) is 15.5 Å². The van der Waals surface area contributed by atoms with Crippen LogP contribution in [0.3, 0.4) is 0 Å². The second-order valence-corrected chi connectivity index (χ2v) is 3.67. The number of hydrogen-bond donors (Lipinski definition) is 4. The van der Waals surface area contributed by atoms with Crippen LogP contribution in [0.2, 0.25) is 0 Å². The average Bonchev–Trinajstić information content (AvgIpc) is 2.27. The number of nitrogens with one attached hydrogen (secondary N) is 2. The van der Waals surface area contributed by atoms with Gasteiger partial charge in [-0.3, -0.25) is 9.69 Å². The van der Waals surface area contributed by atoms with Gasteiger partial charge >= 0.3 is 0 Å². The first-order valence-electron chi connectivity index (χ1n) is 5.21. The van der Waals surface area contributed by atoms with Crippen LogP contribution in [0.5, 0.6) is 0 Å². The summed E-state index contributed by atoms with van der Waals surface area (Å²) in [4.78, 5) is 13.4. The molecule has 0 aromatic rings. The van der Waals surface area contributed by atoms with Gasteiger partial charge in [-0.15, -0.1) is 0 Å². The van der Waals surface area contributed by atoms with E-state index in [9.17, 15) is 4.79 Å². The number of aliphatic hydroxyl groups is 2. The normalized spacial score (nSPS) is 19.9. The number of carbonyl (C=O) groups excluding carboxylic acids is 1. The van der Waals surface area contributed by atoms with E-state index < -0.39 is 6.10 Å². The summed E-state index contributed by atoms with van der Waals surface area (Å²) in [7, 11) is 0. The Morgan fingerprint density at radius 3 is 2.73 bits per heavy atom. The molecule has 0 saturated carbocycles. The minimum absolute atomic E-state index is 0.107. The first kappa shape index (κ1) is 12.4. The van der Waals surface area contributed by atoms with Gasteiger partial charge in [0.15, 0.2) is 0 Å². The van der Waals surface area contributed by atoms with Crippen LogP contribution in [0.1, 0.15) is 0 Å². The van der Waals surface area contributed by atoms with Gasteiger partial charge in [0.05, 0.1) is 19.3 Å². The van der Waals surface area contributed by atoms with E-state index in [0.29, 0.717) is 6.54 Å². The quantitative estimate of drug-likeness (QED) is 0.404. The minimum Gasteiger partial charge on any atom is -0.394 e. The van der Waals surface area contributed by atoms with Crippen LogP contribution >= 0.6 is 0 Å². The van der Waals surface area contributed by atoms with Crippen molar-refractivity contribution in [2.75, 3.05) is 45.9 Å². The van der Waals surface area contributed by atoms with Gasteiger partial charge in [0.25, 0.3) is 0 Å². The Bertz CT molecular complexity index is 195. The lowest BCUT2D eigenvalue weighted by molar-refractivity contribution is -0.122. The molecule has 4 N–H and O–H groups in total. The molecule has 1 amide bonds. The van der Waals surface area contributed by atoms with Crippen LogP contribution < -0.4 is 10.6 Å². The summed E-state index contributed by atoms with van der Waals surface area (Å²) >= 11 is 0. The molecule has 1 rings (SSSR count). The fourth-order valence-electron chi connectivity index (χ4n) is 1.42. The third-order valence-corrected chi connectivity index (χ3v) is 2.32. The molecule has 1 unspecified atom stereocenters. The van der Waals surface area contributed by atoms with Crippen LogP contribution in [-0.2, 0) is 4.79 Å². The van der Waals surface area contributed by atoms with Gasteiger partial charge in [0.2, 0.25) is 5.91 Å². The Morgan fingerprint density at radius 1 is 1.47 bits per heavy atom. The molecule has 6 heteroatoms. The molecule has 0 aromatic carbocycles. The first-order valence-corrected chi connectivity index (χ1v) is 5.21. The molecule has 0 radical (unpaired) electrons. The van der Waals surface area contributed by atoms with Gasteiger partial charge < -0.3 is 20.8 Å². The highest BCUT2D eigenvalue weighted by Crippen LogP contribution is 1.91. The number of carbonyl (C=O) groups is 1. The van der Waals surface area contributed by atoms with Crippen LogP contribution in [-0.4, -0.2) is 73.0 Å². The zero-order valence-corrected chi connectivity index (χ0v) is 8.78. The summed E-state index contributed by atoms with van der Waals surface area (Å²) in [6.07, 6.45) is -0.864. The first-order chi connectivity index (χ1) is 7.22. The Hall–Kier alpha value is -0.690. The Balaban J connectivity index is 2.11. The molecule has 1 aliphatic heterocycles. The highest BCUT2D eigenvalue weighted by molar-refractivity contribution is 5.78. The van der Waals surface area contributed by atoms with Crippen molar-refractivity contribution in [2.45, 2.75) is 6.10 Å². The number of rotatable bonds is 5. The Labute approximate surface area is 89.3 Å². The monoisotopic (exact) mass is 217 g/mol. The largest absolute Gasteiger partial charge is 0.394 e. The standard InChI is InChI=1S/C9H19N3O3/c13-7-8(14)5-11-9(15)6-12-3-1-10-2-4-12/h8,10,13-14H,1-7H2,(H,11,15). The fraction of sp³-hybridized carbons (Fsp3) is 0.889. The van der Waals surface area contributed by atoms with E-state index >= 15 is 0 Å². The maximum Gasteiger partial charge on any atom is 0.234 e. The third kappa shape index (κ3) is 5.08. The Morgan fingerprint density at radius 2 is 2.13 bits per heavy atom. The minimum atomic E-state index is -0.864. The predicted octanol–water partition coefficient (Wildman–Crippen LogP) is -2.64. The van der Waals surface area contributed by atoms with Gasteiger partial charge in [-0.25, -0.2) is 0 Å². The van der Waals surface area contributed by atoms with Gasteiger partial charge in [0, 0.05) is 32.7 Å². The van der Waals surface area contributed by atoms with Gasteiger partial charge in [-0.2, -0.15) is 0 Å². The maximum absolute atomic E-state index is 11.4. The second-order valence-electron chi connectivity index (χ2n) is 3.67. The highest BCUT2D eigenvalue weighted by atomic mass is 16.3. The topological polar surface area (TPSA) is 84.8 Å². The molecule has 15 heavy (non-hydrogen) atoms. The molecule has 1 aliphatic rings. The van der Waals surface area contributed by atoms with E-state index in [2.05, 4.69) is 15.5 Å². The summed E-state index contributed by atoms with van der Waals surface area (Å²) in [5.41, 5.74) is 0. The lowest BCUT2D eigenvalue weighted by Crippen LogP contribution is -2.48. The summed E-state index contributed by atoms with van der Waals surface area (Å²) in [6.45, 7) is 3.71. The molecule has 6 nitrogen and oxygen atoms in total. The number of nitrogens with zero attached hydrogens (tertiary/aromatic N) is 1. The van der Waals surface area contributed by atoms with Gasteiger partial charge in [-0.05, 0) is 0 Å². The smallest absolute Gasteiger partial charge is 0.234 e. The van der Waals surface area contributed by atoms with Crippen molar-refractivity contribution in [3.8, 4) is 0 Å². The lowest BCUT2D eigenvalue weighted by Gasteiger charge is -2.26. The zero-order valence-electron chi connectivity index (χ0n) is 8.78. The average molecular weight is 217 g/mol. The van der Waals surface area contributed by atoms with Crippen molar-refractivity contribution in [3.05, 3.63) is 0 Å². The molecule has 1 saturated heterocycles. The van der Waals surface area contributed by atoms with E-state index in [0.717, 1.165) is 26.2 Å². The van der Waals surface area contributed by atoms with Crippen molar-refractivity contribution in [2.24, 2.45) is 0 Å². The van der Waals surface area contributed by atoms with E-state index in [4.69, 9.17) is 10.2 Å². The van der Waals surface area contributed by atoms with Crippen LogP contribution in [0.25, 0.3) is 0 Å². The van der Waals surface area contributed by atoms with E-state index in [1.165, 1.54) is 0 Å². The van der Waals surface area contributed by atoms with Crippen LogP contribution in [0, 0.1) is 0 Å². The maximum atomic E-state index is 11.4. The van der Waals surface area contributed by atoms with E-state index in [1.807, 2.05) is 0 Å². The molecule has 1 heterocycles. The molecule has 88 valence electrons. The third-order valence-electron chi connectivity index (χ3n) is 2.32. The van der Waals surface area contributed by atoms with Gasteiger partial charge in [0.1, 0.15) is 0 Å². The highest BCUT2D eigenvalue weighted by Gasteiger charge is 2.13. The predicted molar refractivity (Wildman–Crippen MR) is 55.4 cm³/mol. The molecule has 0 spiro atoms. The van der Waals surface area contributed by atoms with Crippen molar-refractivity contribution >= 4 is 5.91 Å². The van der Waals surface area contributed by atoms with Crippen molar-refractivity contribution < 1.29 is 15.0 Å². The zero-order chi connectivity index (χ0) is 11.1. The molecule has 1 fully saturated rings. The number of piperazine rings is 1. The number of amides is 1. The van der Waals surface area contributed by atoms with E-state index in [-0.39, 0.29) is 19.1 Å². The summed E-state index contributed by atoms with van der Waals surface area (Å²) in [5, 5.41) is 23.3. The van der Waals surface area contributed by atoms with E-state index in [1.54, 1.807) is 0 Å². The Kier molecular flexibility index (Phi) is 5.56. The van der Waals surface area contributed by atoms with Crippen molar-refractivity contribution in [3.63, 3.8) is 0 Å². The summed E-state index contributed by atoms with van der Waals surface area (Å²) < 4.78 is 0. The molecule has 1 atom stereocenters. The lowest BCUT2D eigenvalue weighted by atomic mass is 10.3. The molecular weight excluding hydrogens is 198 g/mol. The van der Waals surface area contributed by atoms with Crippen LogP contribution in [0.15, 0.2) is 0 Å². The van der Waals surface area contributed by atoms with Crippen LogP contribution in [0.4, 0.5) is 0 Å². The molecule has 0 aliphatic carbocycles. The summed E-state index contributed by atoms with van der Waals surface area (Å²) in [5.74, 6) is -0.107. The molecular formula is C9H19N3O3. The fourth-order valence-corrected chi connectivity index (χ4v) is 1.42.